The van der Waals surface area contributed by atoms with Crippen molar-refractivity contribution < 1.29 is 19.1 Å². The van der Waals surface area contributed by atoms with Gasteiger partial charge in [-0.1, -0.05) is 30.3 Å². The molecule has 0 saturated carbocycles. The van der Waals surface area contributed by atoms with Crippen LogP contribution in [-0.2, 0) is 14.3 Å². The third-order valence-corrected chi connectivity index (χ3v) is 3.63. The molecule has 1 heterocycles. The third-order valence-electron chi connectivity index (χ3n) is 3.63. The Bertz CT molecular complexity index is 583. The standard InChI is InChI=1S/C16H20N2O4/c1-11-13(15(19)22-10-9-21-3)14(17-16(20)18(11)2)12-7-5-4-6-8-12/h4-8,14H,9-10H2,1-3H3,(H,17,20)/t14-/m1/s1. The second kappa shape index (κ2) is 7.09. The first-order chi connectivity index (χ1) is 10.6. The van der Waals surface area contributed by atoms with Crippen LogP contribution in [0, 0.1) is 0 Å². The number of benzene rings is 1. The van der Waals surface area contributed by atoms with E-state index < -0.39 is 12.0 Å². The molecule has 0 aromatic heterocycles. The van der Waals surface area contributed by atoms with Crippen molar-refractivity contribution in [2.45, 2.75) is 13.0 Å². The van der Waals surface area contributed by atoms with Crippen LogP contribution in [0.5, 0.6) is 0 Å². The molecule has 2 rings (SSSR count). The lowest BCUT2D eigenvalue weighted by molar-refractivity contribution is -0.140. The van der Waals surface area contributed by atoms with Crippen molar-refractivity contribution in [1.29, 1.82) is 0 Å². The van der Waals surface area contributed by atoms with Crippen LogP contribution in [0.15, 0.2) is 41.6 Å². The van der Waals surface area contributed by atoms with Crippen molar-refractivity contribution in [3.63, 3.8) is 0 Å². The molecule has 0 unspecified atom stereocenters. The summed E-state index contributed by atoms with van der Waals surface area (Å²) in [5.74, 6) is -0.449. The highest BCUT2D eigenvalue weighted by Gasteiger charge is 2.34. The molecule has 1 aliphatic heterocycles. The monoisotopic (exact) mass is 304 g/mol. The zero-order valence-corrected chi connectivity index (χ0v) is 13.0. The van der Waals surface area contributed by atoms with E-state index in [0.29, 0.717) is 17.9 Å². The first-order valence-corrected chi connectivity index (χ1v) is 7.02. The molecule has 6 nitrogen and oxygen atoms in total. The molecular weight excluding hydrogens is 284 g/mol. The van der Waals surface area contributed by atoms with Gasteiger partial charge < -0.3 is 19.7 Å². The van der Waals surface area contributed by atoms with Crippen molar-refractivity contribution in [2.75, 3.05) is 27.4 Å². The summed E-state index contributed by atoms with van der Waals surface area (Å²) in [5, 5.41) is 2.83. The summed E-state index contributed by atoms with van der Waals surface area (Å²) in [6.07, 6.45) is 0. The number of hydrogen-bond acceptors (Lipinski definition) is 4. The Hall–Kier alpha value is -2.34. The van der Waals surface area contributed by atoms with Crippen LogP contribution in [-0.4, -0.2) is 44.3 Å². The fourth-order valence-corrected chi connectivity index (χ4v) is 2.29. The van der Waals surface area contributed by atoms with Crippen LogP contribution in [0.4, 0.5) is 4.79 Å². The van der Waals surface area contributed by atoms with Gasteiger partial charge in [-0.2, -0.15) is 0 Å². The number of amides is 2. The van der Waals surface area contributed by atoms with Gasteiger partial charge in [-0.3, -0.25) is 0 Å². The topological polar surface area (TPSA) is 67.9 Å². The fraction of sp³-hybridized carbons (Fsp3) is 0.375. The van der Waals surface area contributed by atoms with Crippen molar-refractivity contribution in [2.24, 2.45) is 0 Å². The molecule has 118 valence electrons. The summed E-state index contributed by atoms with van der Waals surface area (Å²) in [6, 6.07) is 8.58. The lowest BCUT2D eigenvalue weighted by Gasteiger charge is -2.33. The average molecular weight is 304 g/mol. The number of hydrogen-bond donors (Lipinski definition) is 1. The Labute approximate surface area is 129 Å². The van der Waals surface area contributed by atoms with Gasteiger partial charge in [0.25, 0.3) is 0 Å². The Morgan fingerprint density at radius 3 is 2.59 bits per heavy atom. The second-order valence-corrected chi connectivity index (χ2v) is 4.98. The van der Waals surface area contributed by atoms with Gasteiger partial charge in [-0.05, 0) is 12.5 Å². The first-order valence-electron chi connectivity index (χ1n) is 7.02. The Morgan fingerprint density at radius 1 is 1.27 bits per heavy atom. The van der Waals surface area contributed by atoms with E-state index in [4.69, 9.17) is 9.47 Å². The predicted molar refractivity (Wildman–Crippen MR) is 81.0 cm³/mol. The van der Waals surface area contributed by atoms with Crippen molar-refractivity contribution >= 4 is 12.0 Å². The minimum atomic E-state index is -0.514. The number of rotatable bonds is 5. The molecule has 1 aromatic rings. The highest BCUT2D eigenvalue weighted by atomic mass is 16.6. The molecule has 22 heavy (non-hydrogen) atoms. The van der Waals surface area contributed by atoms with Crippen LogP contribution in [0.2, 0.25) is 0 Å². The number of nitrogens with one attached hydrogen (secondary N) is 1. The summed E-state index contributed by atoms with van der Waals surface area (Å²) in [7, 11) is 3.16. The van der Waals surface area contributed by atoms with Gasteiger partial charge in [0.15, 0.2) is 0 Å². The van der Waals surface area contributed by atoms with E-state index in [1.54, 1.807) is 21.1 Å². The van der Waals surface area contributed by atoms with Gasteiger partial charge in [0.2, 0.25) is 0 Å². The Morgan fingerprint density at radius 2 is 1.95 bits per heavy atom. The Kier molecular flexibility index (Phi) is 5.16. The zero-order chi connectivity index (χ0) is 16.1. The molecule has 0 spiro atoms. The molecule has 2 amide bonds. The lowest BCUT2D eigenvalue weighted by Crippen LogP contribution is -2.46. The maximum absolute atomic E-state index is 12.4. The van der Waals surface area contributed by atoms with Gasteiger partial charge >= 0.3 is 12.0 Å². The minimum absolute atomic E-state index is 0.172. The molecular formula is C16H20N2O4. The molecule has 0 fully saturated rings. The van der Waals surface area contributed by atoms with Gasteiger partial charge in [0.1, 0.15) is 6.61 Å². The van der Waals surface area contributed by atoms with Crippen LogP contribution in [0.25, 0.3) is 0 Å². The van der Waals surface area contributed by atoms with Crippen molar-refractivity contribution in [3.05, 3.63) is 47.2 Å². The molecule has 0 radical (unpaired) electrons. The normalized spacial score (nSPS) is 18.2. The van der Waals surface area contributed by atoms with E-state index in [1.807, 2.05) is 30.3 Å². The molecule has 0 bridgehead atoms. The van der Waals surface area contributed by atoms with E-state index >= 15 is 0 Å². The minimum Gasteiger partial charge on any atom is -0.460 e. The van der Waals surface area contributed by atoms with E-state index in [9.17, 15) is 9.59 Å². The molecule has 1 aliphatic rings. The molecule has 1 N–H and O–H groups in total. The van der Waals surface area contributed by atoms with E-state index in [1.165, 1.54) is 4.90 Å². The summed E-state index contributed by atoms with van der Waals surface area (Å²) in [5.41, 5.74) is 1.85. The summed E-state index contributed by atoms with van der Waals surface area (Å²) >= 11 is 0. The molecule has 0 aliphatic carbocycles. The number of ether oxygens (including phenoxy) is 2. The van der Waals surface area contributed by atoms with E-state index in [-0.39, 0.29) is 12.6 Å². The molecule has 0 saturated heterocycles. The number of urea groups is 1. The molecule has 1 aromatic carbocycles. The Balaban J connectivity index is 2.34. The predicted octanol–water partition coefficient (Wildman–Crippen LogP) is 1.85. The quantitative estimate of drug-likeness (QED) is 0.666. The molecule has 6 heteroatoms. The number of carbonyl (C=O) groups excluding carboxylic acids is 2. The molecule has 1 atom stereocenters. The number of carbonyl (C=O) groups is 2. The van der Waals surface area contributed by atoms with Gasteiger partial charge in [0, 0.05) is 19.9 Å². The number of allylic oxidation sites excluding steroid dienone is 1. The summed E-state index contributed by atoms with van der Waals surface area (Å²) < 4.78 is 10.1. The largest absolute Gasteiger partial charge is 0.460 e. The number of nitrogens with zero attached hydrogens (tertiary/aromatic N) is 1. The van der Waals surface area contributed by atoms with E-state index in [0.717, 1.165) is 5.56 Å². The van der Waals surface area contributed by atoms with Crippen molar-refractivity contribution in [3.8, 4) is 0 Å². The third kappa shape index (κ3) is 3.28. The maximum atomic E-state index is 12.4. The van der Waals surface area contributed by atoms with Crippen LogP contribution >= 0.6 is 0 Å². The van der Waals surface area contributed by atoms with Crippen molar-refractivity contribution in [1.82, 2.24) is 10.2 Å². The first kappa shape index (κ1) is 16.0. The van der Waals surface area contributed by atoms with Gasteiger partial charge in [0.05, 0.1) is 18.2 Å². The SMILES string of the molecule is COCCOC(=O)C1=C(C)N(C)C(=O)N[C@@H]1c1ccccc1. The van der Waals surface area contributed by atoms with E-state index in [2.05, 4.69) is 5.32 Å². The average Bonchev–Trinajstić information content (AvgIpc) is 2.53. The van der Waals surface area contributed by atoms with Gasteiger partial charge in [-0.25, -0.2) is 9.59 Å². The van der Waals surface area contributed by atoms with Gasteiger partial charge in [-0.15, -0.1) is 0 Å². The van der Waals surface area contributed by atoms with Crippen LogP contribution in [0.3, 0.4) is 0 Å². The number of esters is 1. The highest BCUT2D eigenvalue weighted by Crippen LogP contribution is 2.30. The van der Waals surface area contributed by atoms with Crippen LogP contribution < -0.4 is 5.32 Å². The highest BCUT2D eigenvalue weighted by molar-refractivity contribution is 5.94. The zero-order valence-electron chi connectivity index (χ0n) is 13.0. The lowest BCUT2D eigenvalue weighted by atomic mass is 9.95. The van der Waals surface area contributed by atoms with Crippen LogP contribution in [0.1, 0.15) is 18.5 Å². The fourth-order valence-electron chi connectivity index (χ4n) is 2.29. The smallest absolute Gasteiger partial charge is 0.338 e. The maximum Gasteiger partial charge on any atom is 0.338 e. The second-order valence-electron chi connectivity index (χ2n) is 4.98. The number of methoxy groups -OCH3 is 1. The summed E-state index contributed by atoms with van der Waals surface area (Å²) in [4.78, 5) is 25.8. The summed E-state index contributed by atoms with van der Waals surface area (Å²) in [6.45, 7) is 2.24.